The first-order chi connectivity index (χ1) is 11.6. The Hall–Kier alpha value is -2.73. The second-order valence-corrected chi connectivity index (χ2v) is 5.87. The van der Waals surface area contributed by atoms with Crippen LogP contribution in [0.4, 0.5) is 11.4 Å². The third-order valence-electron chi connectivity index (χ3n) is 4.28. The molecule has 124 valence electrons. The molecule has 1 aliphatic heterocycles. The summed E-state index contributed by atoms with van der Waals surface area (Å²) in [4.78, 5) is 25.4. The summed E-state index contributed by atoms with van der Waals surface area (Å²) in [7, 11) is 0. The number of piperidine rings is 1. The minimum atomic E-state index is -0.456. The zero-order valence-corrected chi connectivity index (χ0v) is 13.1. The Balaban J connectivity index is 1.93. The predicted molar refractivity (Wildman–Crippen MR) is 90.4 cm³/mol. The topological polar surface area (TPSA) is 83.7 Å². The standard InChI is InChI=1S/C18H18N2O4/c21-15-8-10-19(11-9-15)16-7-6-14(12-17(16)20(23)24)18(22)13-4-2-1-3-5-13/h1-7,12,15,21H,8-11H2. The van der Waals surface area contributed by atoms with E-state index in [1.807, 2.05) is 11.0 Å². The van der Waals surface area contributed by atoms with Crippen LogP contribution >= 0.6 is 0 Å². The maximum atomic E-state index is 12.5. The number of rotatable bonds is 4. The van der Waals surface area contributed by atoms with Crippen molar-refractivity contribution in [2.45, 2.75) is 18.9 Å². The van der Waals surface area contributed by atoms with Gasteiger partial charge in [-0.05, 0) is 25.0 Å². The fourth-order valence-electron chi connectivity index (χ4n) is 2.94. The maximum absolute atomic E-state index is 12.5. The second kappa shape index (κ2) is 6.80. The summed E-state index contributed by atoms with van der Waals surface area (Å²) in [6.45, 7) is 1.13. The highest BCUT2D eigenvalue weighted by molar-refractivity contribution is 6.09. The predicted octanol–water partition coefficient (Wildman–Crippen LogP) is 2.79. The first kappa shape index (κ1) is 16.1. The van der Waals surface area contributed by atoms with Gasteiger partial charge in [-0.1, -0.05) is 30.3 Å². The number of nitrogens with zero attached hydrogens (tertiary/aromatic N) is 2. The molecule has 3 rings (SSSR count). The molecule has 0 bridgehead atoms. The molecule has 2 aromatic rings. The van der Waals surface area contributed by atoms with Gasteiger partial charge in [0.05, 0.1) is 11.0 Å². The third-order valence-corrected chi connectivity index (χ3v) is 4.28. The van der Waals surface area contributed by atoms with Gasteiger partial charge in [0.15, 0.2) is 5.78 Å². The lowest BCUT2D eigenvalue weighted by atomic mass is 10.0. The Labute approximate surface area is 139 Å². The molecule has 6 nitrogen and oxygen atoms in total. The van der Waals surface area contributed by atoms with Crippen molar-refractivity contribution < 1.29 is 14.8 Å². The summed E-state index contributed by atoms with van der Waals surface area (Å²) in [6.07, 6.45) is 0.822. The summed E-state index contributed by atoms with van der Waals surface area (Å²) >= 11 is 0. The van der Waals surface area contributed by atoms with Gasteiger partial charge in [-0.3, -0.25) is 14.9 Å². The van der Waals surface area contributed by atoms with Gasteiger partial charge < -0.3 is 10.0 Å². The monoisotopic (exact) mass is 326 g/mol. The average molecular weight is 326 g/mol. The van der Waals surface area contributed by atoms with Crippen LogP contribution in [0.25, 0.3) is 0 Å². The summed E-state index contributed by atoms with van der Waals surface area (Å²) < 4.78 is 0. The van der Waals surface area contributed by atoms with Crippen LogP contribution in [0.2, 0.25) is 0 Å². The van der Waals surface area contributed by atoms with E-state index in [1.165, 1.54) is 6.07 Å². The normalized spacial score (nSPS) is 15.3. The molecule has 0 radical (unpaired) electrons. The van der Waals surface area contributed by atoms with Crippen molar-refractivity contribution in [2.24, 2.45) is 0 Å². The molecule has 0 atom stereocenters. The lowest BCUT2D eigenvalue weighted by Crippen LogP contribution is -2.36. The fraction of sp³-hybridized carbons (Fsp3) is 0.278. The van der Waals surface area contributed by atoms with Gasteiger partial charge in [0, 0.05) is 30.3 Å². The van der Waals surface area contributed by atoms with Crippen molar-refractivity contribution >= 4 is 17.2 Å². The molecule has 1 fully saturated rings. The van der Waals surface area contributed by atoms with Crippen LogP contribution in [0.1, 0.15) is 28.8 Å². The molecule has 0 spiro atoms. The van der Waals surface area contributed by atoms with Crippen molar-refractivity contribution in [1.82, 2.24) is 0 Å². The fourth-order valence-corrected chi connectivity index (χ4v) is 2.94. The number of nitro groups is 1. The molecule has 0 saturated carbocycles. The zero-order chi connectivity index (χ0) is 17.1. The molecular weight excluding hydrogens is 308 g/mol. The number of carbonyl (C=O) groups is 1. The molecule has 0 aromatic heterocycles. The number of hydrogen-bond acceptors (Lipinski definition) is 5. The molecule has 0 unspecified atom stereocenters. The lowest BCUT2D eigenvalue weighted by molar-refractivity contribution is -0.384. The van der Waals surface area contributed by atoms with Crippen LogP contribution in [0, 0.1) is 10.1 Å². The Morgan fingerprint density at radius 3 is 2.38 bits per heavy atom. The summed E-state index contributed by atoms with van der Waals surface area (Å²) in [5.41, 5.74) is 1.22. The molecule has 1 aliphatic rings. The van der Waals surface area contributed by atoms with Crippen LogP contribution < -0.4 is 4.90 Å². The first-order valence-corrected chi connectivity index (χ1v) is 7.87. The van der Waals surface area contributed by atoms with E-state index < -0.39 is 4.92 Å². The minimum Gasteiger partial charge on any atom is -0.393 e. The Morgan fingerprint density at radius 1 is 1.08 bits per heavy atom. The summed E-state index contributed by atoms with van der Waals surface area (Å²) in [5.74, 6) is -0.237. The Morgan fingerprint density at radius 2 is 1.75 bits per heavy atom. The van der Waals surface area contributed by atoms with Crippen LogP contribution in [0.3, 0.4) is 0 Å². The van der Waals surface area contributed by atoms with Crippen molar-refractivity contribution in [3.8, 4) is 0 Å². The van der Waals surface area contributed by atoms with Gasteiger partial charge >= 0.3 is 0 Å². The molecular formula is C18H18N2O4. The van der Waals surface area contributed by atoms with E-state index in [-0.39, 0.29) is 17.6 Å². The minimum absolute atomic E-state index is 0.0758. The van der Waals surface area contributed by atoms with Crippen LogP contribution in [0.15, 0.2) is 48.5 Å². The van der Waals surface area contributed by atoms with Crippen molar-refractivity contribution in [3.05, 3.63) is 69.8 Å². The third kappa shape index (κ3) is 3.28. The second-order valence-electron chi connectivity index (χ2n) is 5.87. The van der Waals surface area contributed by atoms with Gasteiger partial charge in [-0.2, -0.15) is 0 Å². The van der Waals surface area contributed by atoms with Gasteiger partial charge in [0.25, 0.3) is 5.69 Å². The molecule has 2 aromatic carbocycles. The molecule has 1 N–H and O–H groups in total. The first-order valence-electron chi connectivity index (χ1n) is 7.87. The van der Waals surface area contributed by atoms with Crippen molar-refractivity contribution in [2.75, 3.05) is 18.0 Å². The molecule has 0 amide bonds. The van der Waals surface area contributed by atoms with E-state index >= 15 is 0 Å². The van der Waals surface area contributed by atoms with Crippen molar-refractivity contribution in [3.63, 3.8) is 0 Å². The summed E-state index contributed by atoms with van der Waals surface area (Å²) in [6, 6.07) is 13.3. The maximum Gasteiger partial charge on any atom is 0.293 e. The highest BCUT2D eigenvalue weighted by Gasteiger charge is 2.25. The molecule has 0 aliphatic carbocycles. The van der Waals surface area contributed by atoms with E-state index in [4.69, 9.17) is 0 Å². The summed E-state index contributed by atoms with van der Waals surface area (Å²) in [5, 5.41) is 21.0. The van der Waals surface area contributed by atoms with Crippen LogP contribution in [-0.4, -0.2) is 35.0 Å². The van der Waals surface area contributed by atoms with Gasteiger partial charge in [0.2, 0.25) is 0 Å². The van der Waals surface area contributed by atoms with Crippen LogP contribution in [-0.2, 0) is 0 Å². The van der Waals surface area contributed by atoms with Gasteiger partial charge in [-0.15, -0.1) is 0 Å². The van der Waals surface area contributed by atoms with E-state index in [2.05, 4.69) is 0 Å². The molecule has 1 heterocycles. The highest BCUT2D eigenvalue weighted by Crippen LogP contribution is 2.32. The van der Waals surface area contributed by atoms with E-state index in [0.29, 0.717) is 42.7 Å². The quantitative estimate of drug-likeness (QED) is 0.530. The zero-order valence-electron chi connectivity index (χ0n) is 13.1. The highest BCUT2D eigenvalue weighted by atomic mass is 16.6. The number of carbonyl (C=O) groups excluding carboxylic acids is 1. The molecule has 24 heavy (non-hydrogen) atoms. The number of hydrogen-bond donors (Lipinski definition) is 1. The van der Waals surface area contributed by atoms with E-state index in [0.717, 1.165) is 0 Å². The Kier molecular flexibility index (Phi) is 4.57. The van der Waals surface area contributed by atoms with Crippen molar-refractivity contribution in [1.29, 1.82) is 0 Å². The number of nitro benzene ring substituents is 1. The smallest absolute Gasteiger partial charge is 0.293 e. The SMILES string of the molecule is O=C(c1ccccc1)c1ccc(N2CCC(O)CC2)c([N+](=O)[O-])c1. The molecule has 6 heteroatoms. The van der Waals surface area contributed by atoms with E-state index in [9.17, 15) is 20.0 Å². The Bertz CT molecular complexity index is 753. The van der Waals surface area contributed by atoms with Gasteiger partial charge in [-0.25, -0.2) is 0 Å². The average Bonchev–Trinajstić information content (AvgIpc) is 2.62. The largest absolute Gasteiger partial charge is 0.393 e. The number of aliphatic hydroxyl groups is 1. The lowest BCUT2D eigenvalue weighted by Gasteiger charge is -2.31. The number of aliphatic hydroxyl groups excluding tert-OH is 1. The number of benzene rings is 2. The number of anilines is 1. The van der Waals surface area contributed by atoms with E-state index in [1.54, 1.807) is 36.4 Å². The number of ketones is 1. The van der Waals surface area contributed by atoms with Crippen LogP contribution in [0.5, 0.6) is 0 Å². The molecule has 1 saturated heterocycles. The van der Waals surface area contributed by atoms with Gasteiger partial charge in [0.1, 0.15) is 5.69 Å².